The van der Waals surface area contributed by atoms with Gasteiger partial charge in [-0.2, -0.15) is 0 Å². The highest BCUT2D eigenvalue weighted by Crippen LogP contribution is 2.23. The molecule has 0 bridgehead atoms. The van der Waals surface area contributed by atoms with Crippen LogP contribution in [0.15, 0.2) is 24.3 Å². The highest BCUT2D eigenvalue weighted by molar-refractivity contribution is 6.30. The van der Waals surface area contributed by atoms with Crippen molar-refractivity contribution in [2.45, 2.75) is 44.6 Å². The van der Waals surface area contributed by atoms with Gasteiger partial charge in [-0.05, 0) is 50.3 Å². The molecule has 1 unspecified atom stereocenters. The lowest BCUT2D eigenvalue weighted by molar-refractivity contribution is -0.127. The summed E-state index contributed by atoms with van der Waals surface area (Å²) in [5, 5.41) is 3.55. The van der Waals surface area contributed by atoms with Crippen LogP contribution in [0, 0.1) is 0 Å². The predicted molar refractivity (Wildman–Crippen MR) is 95.2 cm³/mol. The monoisotopic (exact) mass is 349 g/mol. The number of anilines is 1. The first-order valence-corrected chi connectivity index (χ1v) is 9.12. The van der Waals surface area contributed by atoms with Gasteiger partial charge in [-0.3, -0.25) is 4.79 Å². The van der Waals surface area contributed by atoms with Gasteiger partial charge in [0.15, 0.2) is 0 Å². The van der Waals surface area contributed by atoms with Crippen LogP contribution in [0.5, 0.6) is 0 Å². The third-order valence-electron chi connectivity index (χ3n) is 4.87. The highest BCUT2D eigenvalue weighted by atomic mass is 35.5. The number of nitrogens with one attached hydrogen (secondary N) is 1. The Kier molecular flexibility index (Phi) is 5.61. The molecule has 2 fully saturated rings. The number of carbonyl (C=O) groups is 2. The molecule has 1 N–H and O–H groups in total. The fourth-order valence-corrected chi connectivity index (χ4v) is 3.77. The Bertz CT molecular complexity index is 608. The van der Waals surface area contributed by atoms with Gasteiger partial charge in [0, 0.05) is 42.8 Å². The van der Waals surface area contributed by atoms with Gasteiger partial charge in [-0.1, -0.05) is 17.7 Å². The summed E-state index contributed by atoms with van der Waals surface area (Å²) >= 11 is 5.98. The maximum absolute atomic E-state index is 12.6. The highest BCUT2D eigenvalue weighted by Gasteiger charge is 2.28. The summed E-state index contributed by atoms with van der Waals surface area (Å²) in [6.07, 6.45) is 5.66. The van der Waals surface area contributed by atoms with Crippen LogP contribution < -0.4 is 5.32 Å². The van der Waals surface area contributed by atoms with Crippen LogP contribution in [0.3, 0.4) is 0 Å². The molecule has 0 aliphatic carbocycles. The first-order chi connectivity index (χ1) is 11.6. The van der Waals surface area contributed by atoms with Crippen molar-refractivity contribution in [1.82, 2.24) is 9.80 Å². The quantitative estimate of drug-likeness (QED) is 0.900. The van der Waals surface area contributed by atoms with Crippen LogP contribution in [0.1, 0.15) is 38.5 Å². The van der Waals surface area contributed by atoms with Crippen molar-refractivity contribution in [3.05, 3.63) is 29.3 Å². The van der Waals surface area contributed by atoms with E-state index in [2.05, 4.69) is 5.32 Å². The minimum atomic E-state index is -0.0743. The van der Waals surface area contributed by atoms with Gasteiger partial charge in [-0.25, -0.2) is 4.79 Å². The summed E-state index contributed by atoms with van der Waals surface area (Å²) in [7, 11) is 0. The number of nitrogens with zero attached hydrogens (tertiary/aromatic N) is 2. The predicted octanol–water partition coefficient (Wildman–Crippen LogP) is 3.74. The van der Waals surface area contributed by atoms with Crippen LogP contribution in [-0.4, -0.2) is 47.4 Å². The fourth-order valence-electron chi connectivity index (χ4n) is 3.57. The van der Waals surface area contributed by atoms with Gasteiger partial charge in [0.2, 0.25) is 5.91 Å². The zero-order valence-corrected chi connectivity index (χ0v) is 14.6. The molecule has 0 saturated carbocycles. The summed E-state index contributed by atoms with van der Waals surface area (Å²) in [4.78, 5) is 28.3. The molecule has 0 radical (unpaired) electrons. The van der Waals surface area contributed by atoms with Crippen molar-refractivity contribution >= 4 is 29.2 Å². The number of carbonyl (C=O) groups excluding carboxylic acids is 2. The molecule has 130 valence electrons. The number of hydrogen-bond acceptors (Lipinski definition) is 2. The number of likely N-dealkylation sites (tertiary alicyclic amines) is 2. The van der Waals surface area contributed by atoms with Crippen LogP contribution in [0.4, 0.5) is 10.5 Å². The third-order valence-corrected chi connectivity index (χ3v) is 5.10. The first-order valence-electron chi connectivity index (χ1n) is 8.74. The average molecular weight is 350 g/mol. The summed E-state index contributed by atoms with van der Waals surface area (Å²) < 4.78 is 0. The molecule has 5 nitrogen and oxygen atoms in total. The van der Waals surface area contributed by atoms with E-state index in [9.17, 15) is 9.59 Å². The van der Waals surface area contributed by atoms with E-state index in [-0.39, 0.29) is 18.0 Å². The normalized spacial score (nSPS) is 21.2. The van der Waals surface area contributed by atoms with Crippen LogP contribution in [0.2, 0.25) is 5.02 Å². The van der Waals surface area contributed by atoms with Crippen molar-refractivity contribution in [2.24, 2.45) is 0 Å². The number of piperidine rings is 1. The molecular weight excluding hydrogens is 326 g/mol. The lowest BCUT2D eigenvalue weighted by Gasteiger charge is -2.36. The van der Waals surface area contributed by atoms with Crippen molar-refractivity contribution in [3.63, 3.8) is 0 Å². The second-order valence-corrected chi connectivity index (χ2v) is 6.99. The van der Waals surface area contributed by atoms with Gasteiger partial charge < -0.3 is 15.1 Å². The van der Waals surface area contributed by atoms with E-state index >= 15 is 0 Å². The molecule has 1 aromatic rings. The Labute approximate surface area is 147 Å². The van der Waals surface area contributed by atoms with E-state index in [1.165, 1.54) is 0 Å². The molecular formula is C18H24ClN3O2. The fraction of sp³-hybridized carbons (Fsp3) is 0.556. The van der Waals surface area contributed by atoms with Crippen LogP contribution >= 0.6 is 11.6 Å². The van der Waals surface area contributed by atoms with Gasteiger partial charge in [0.25, 0.3) is 0 Å². The molecule has 2 heterocycles. The molecule has 2 saturated heterocycles. The minimum absolute atomic E-state index is 0.0743. The Hall–Kier alpha value is -1.75. The molecule has 1 aromatic carbocycles. The topological polar surface area (TPSA) is 52.7 Å². The number of hydrogen-bond donors (Lipinski definition) is 1. The Morgan fingerprint density at radius 2 is 2.12 bits per heavy atom. The Balaban J connectivity index is 1.58. The minimum Gasteiger partial charge on any atom is -0.343 e. The van der Waals surface area contributed by atoms with Gasteiger partial charge in [-0.15, -0.1) is 0 Å². The zero-order chi connectivity index (χ0) is 16.9. The molecule has 24 heavy (non-hydrogen) atoms. The van der Waals surface area contributed by atoms with Gasteiger partial charge >= 0.3 is 6.03 Å². The van der Waals surface area contributed by atoms with E-state index in [0.717, 1.165) is 51.7 Å². The first kappa shape index (κ1) is 17.1. The van der Waals surface area contributed by atoms with E-state index < -0.39 is 0 Å². The van der Waals surface area contributed by atoms with Crippen molar-refractivity contribution in [1.29, 1.82) is 0 Å². The second kappa shape index (κ2) is 7.88. The van der Waals surface area contributed by atoms with Crippen LogP contribution in [-0.2, 0) is 4.79 Å². The maximum Gasteiger partial charge on any atom is 0.322 e. The maximum atomic E-state index is 12.6. The van der Waals surface area contributed by atoms with Gasteiger partial charge in [0.05, 0.1) is 0 Å². The summed E-state index contributed by atoms with van der Waals surface area (Å²) in [6, 6.07) is 7.33. The summed E-state index contributed by atoms with van der Waals surface area (Å²) in [5.41, 5.74) is 0.714. The molecule has 3 rings (SSSR count). The van der Waals surface area contributed by atoms with E-state index in [1.807, 2.05) is 21.9 Å². The lowest BCUT2D eigenvalue weighted by Crippen LogP contribution is -2.47. The molecule has 2 aliphatic rings. The van der Waals surface area contributed by atoms with E-state index in [0.29, 0.717) is 17.1 Å². The van der Waals surface area contributed by atoms with Gasteiger partial charge in [0.1, 0.15) is 0 Å². The molecule has 0 spiro atoms. The average Bonchev–Trinajstić information content (AvgIpc) is 2.98. The Morgan fingerprint density at radius 1 is 1.25 bits per heavy atom. The van der Waals surface area contributed by atoms with E-state index in [4.69, 9.17) is 11.6 Å². The van der Waals surface area contributed by atoms with Crippen molar-refractivity contribution < 1.29 is 9.59 Å². The number of halogens is 1. The molecule has 3 amide bonds. The SMILES string of the molecule is O=C1CCCN1CCC1CCCCN1C(=O)Nc1cccc(Cl)c1. The number of rotatable bonds is 4. The molecule has 1 atom stereocenters. The summed E-state index contributed by atoms with van der Waals surface area (Å²) in [5.74, 6) is 0.251. The Morgan fingerprint density at radius 3 is 2.88 bits per heavy atom. The number of urea groups is 1. The summed E-state index contributed by atoms with van der Waals surface area (Å²) in [6.45, 7) is 2.38. The molecule has 0 aromatic heterocycles. The smallest absolute Gasteiger partial charge is 0.322 e. The zero-order valence-electron chi connectivity index (χ0n) is 13.8. The third kappa shape index (κ3) is 4.20. The molecule has 2 aliphatic heterocycles. The standard InChI is InChI=1S/C18H24ClN3O2/c19-14-5-3-6-15(13-14)20-18(24)22-11-2-1-7-16(22)9-12-21-10-4-8-17(21)23/h3,5-6,13,16H,1-2,4,7-12H2,(H,20,24). The van der Waals surface area contributed by atoms with Crippen molar-refractivity contribution in [3.8, 4) is 0 Å². The van der Waals surface area contributed by atoms with Crippen molar-refractivity contribution in [2.75, 3.05) is 25.0 Å². The number of benzene rings is 1. The molecule has 6 heteroatoms. The van der Waals surface area contributed by atoms with Crippen LogP contribution in [0.25, 0.3) is 0 Å². The second-order valence-electron chi connectivity index (χ2n) is 6.56. The van der Waals surface area contributed by atoms with E-state index in [1.54, 1.807) is 12.1 Å². The largest absolute Gasteiger partial charge is 0.343 e. The number of amides is 3. The lowest BCUT2D eigenvalue weighted by atomic mass is 9.99.